The second-order valence-electron chi connectivity index (χ2n) is 5.73. The molecule has 0 spiro atoms. The first kappa shape index (κ1) is 13.8. The highest BCUT2D eigenvalue weighted by Gasteiger charge is 2.54. The van der Waals surface area contributed by atoms with E-state index in [4.69, 9.17) is 0 Å². The highest BCUT2D eigenvalue weighted by molar-refractivity contribution is 6.20. The Morgan fingerprint density at radius 1 is 1.26 bits per heavy atom. The number of carboxylic acids is 1. The van der Waals surface area contributed by atoms with Crippen molar-refractivity contribution < 1.29 is 19.5 Å². The van der Waals surface area contributed by atoms with Gasteiger partial charge in [-0.05, 0) is 32.6 Å². The Hall–Kier alpha value is -1.65. The van der Waals surface area contributed by atoms with E-state index >= 15 is 0 Å². The molecule has 2 unspecified atom stereocenters. The average Bonchev–Trinajstić information content (AvgIpc) is 2.54. The predicted molar refractivity (Wildman–Crippen MR) is 68.2 cm³/mol. The number of carbonyl (C=O) groups is 3. The SMILES string of the molecule is CC1=C(C)C(=O)N(C2(C(=O)O)CCCC(C)C2)C1=O. The van der Waals surface area contributed by atoms with E-state index in [2.05, 4.69) is 0 Å². The monoisotopic (exact) mass is 265 g/mol. The van der Waals surface area contributed by atoms with Crippen LogP contribution in [0.2, 0.25) is 0 Å². The molecule has 2 aliphatic rings. The summed E-state index contributed by atoms with van der Waals surface area (Å²) >= 11 is 0. The molecule has 2 rings (SSSR count). The molecule has 5 heteroatoms. The molecule has 0 aromatic heterocycles. The maximum absolute atomic E-state index is 12.2. The Labute approximate surface area is 112 Å². The lowest BCUT2D eigenvalue weighted by molar-refractivity contribution is -0.166. The number of rotatable bonds is 2. The molecule has 2 atom stereocenters. The predicted octanol–water partition coefficient (Wildman–Crippen LogP) is 1.73. The van der Waals surface area contributed by atoms with E-state index in [-0.39, 0.29) is 5.92 Å². The Balaban J connectivity index is 2.45. The van der Waals surface area contributed by atoms with E-state index in [9.17, 15) is 19.5 Å². The van der Waals surface area contributed by atoms with Crippen LogP contribution < -0.4 is 0 Å². The molecule has 0 aromatic carbocycles. The summed E-state index contributed by atoms with van der Waals surface area (Å²) in [7, 11) is 0. The fourth-order valence-corrected chi connectivity index (χ4v) is 3.15. The van der Waals surface area contributed by atoms with Gasteiger partial charge in [0, 0.05) is 11.1 Å². The van der Waals surface area contributed by atoms with E-state index < -0.39 is 23.3 Å². The van der Waals surface area contributed by atoms with E-state index in [1.54, 1.807) is 13.8 Å². The number of carboxylic acid groups (broad SMARTS) is 1. The van der Waals surface area contributed by atoms with E-state index in [0.717, 1.165) is 17.7 Å². The van der Waals surface area contributed by atoms with Gasteiger partial charge in [-0.15, -0.1) is 0 Å². The first-order valence-corrected chi connectivity index (χ1v) is 6.61. The van der Waals surface area contributed by atoms with Gasteiger partial charge in [-0.2, -0.15) is 0 Å². The highest BCUT2D eigenvalue weighted by Crippen LogP contribution is 2.40. The van der Waals surface area contributed by atoms with Crippen molar-refractivity contribution in [3.63, 3.8) is 0 Å². The van der Waals surface area contributed by atoms with Crippen LogP contribution in [0, 0.1) is 5.92 Å². The summed E-state index contributed by atoms with van der Waals surface area (Å²) in [6, 6.07) is 0. The second kappa shape index (κ2) is 4.47. The molecule has 1 N–H and O–H groups in total. The summed E-state index contributed by atoms with van der Waals surface area (Å²) in [5, 5.41) is 9.61. The lowest BCUT2D eigenvalue weighted by atomic mass is 9.75. The Bertz CT molecular complexity index is 470. The van der Waals surface area contributed by atoms with Gasteiger partial charge in [-0.25, -0.2) is 4.79 Å². The molecular formula is C14H19NO4. The number of hydrogen-bond acceptors (Lipinski definition) is 3. The van der Waals surface area contributed by atoms with Gasteiger partial charge in [0.25, 0.3) is 11.8 Å². The topological polar surface area (TPSA) is 74.7 Å². The maximum atomic E-state index is 12.2. The fraction of sp³-hybridized carbons (Fsp3) is 0.643. The Morgan fingerprint density at radius 2 is 1.79 bits per heavy atom. The quantitative estimate of drug-likeness (QED) is 0.771. The minimum Gasteiger partial charge on any atom is -0.479 e. The molecule has 1 heterocycles. The van der Waals surface area contributed by atoms with Gasteiger partial charge in [0.05, 0.1) is 0 Å². The van der Waals surface area contributed by atoms with Crippen LogP contribution in [0.15, 0.2) is 11.1 Å². The molecule has 5 nitrogen and oxygen atoms in total. The number of hydrogen-bond donors (Lipinski definition) is 1. The van der Waals surface area contributed by atoms with Crippen LogP contribution in [0.1, 0.15) is 46.5 Å². The van der Waals surface area contributed by atoms with Crippen molar-refractivity contribution in [1.82, 2.24) is 4.90 Å². The first-order valence-electron chi connectivity index (χ1n) is 6.61. The van der Waals surface area contributed by atoms with E-state index in [0.29, 0.717) is 24.0 Å². The smallest absolute Gasteiger partial charge is 0.330 e. The fourth-order valence-electron chi connectivity index (χ4n) is 3.15. The molecule has 2 amide bonds. The van der Waals surface area contributed by atoms with Crippen molar-refractivity contribution in [1.29, 1.82) is 0 Å². The van der Waals surface area contributed by atoms with Crippen molar-refractivity contribution in [2.75, 3.05) is 0 Å². The molecule has 1 aliphatic carbocycles. The average molecular weight is 265 g/mol. The standard InChI is InChI=1S/C14H19NO4/c1-8-5-4-6-14(7-8,13(18)19)15-11(16)9(2)10(3)12(15)17/h8H,4-7H2,1-3H3,(H,18,19). The summed E-state index contributed by atoms with van der Waals surface area (Å²) < 4.78 is 0. The molecule has 1 fully saturated rings. The highest BCUT2D eigenvalue weighted by atomic mass is 16.4. The van der Waals surface area contributed by atoms with Crippen LogP contribution in [0.4, 0.5) is 0 Å². The lowest BCUT2D eigenvalue weighted by Gasteiger charge is -2.42. The maximum Gasteiger partial charge on any atom is 0.330 e. The van der Waals surface area contributed by atoms with Gasteiger partial charge in [0.1, 0.15) is 5.54 Å². The third-order valence-corrected chi connectivity index (χ3v) is 4.41. The molecule has 1 aliphatic heterocycles. The Morgan fingerprint density at radius 3 is 2.21 bits per heavy atom. The molecule has 19 heavy (non-hydrogen) atoms. The number of carbonyl (C=O) groups excluding carboxylic acids is 2. The van der Waals surface area contributed by atoms with Crippen molar-refractivity contribution in [2.24, 2.45) is 5.92 Å². The largest absolute Gasteiger partial charge is 0.479 e. The minimum atomic E-state index is -1.36. The van der Waals surface area contributed by atoms with Crippen LogP contribution >= 0.6 is 0 Å². The first-order chi connectivity index (χ1) is 8.81. The van der Waals surface area contributed by atoms with Crippen molar-refractivity contribution in [3.8, 4) is 0 Å². The van der Waals surface area contributed by atoms with E-state index in [1.807, 2.05) is 6.92 Å². The van der Waals surface area contributed by atoms with E-state index in [1.165, 1.54) is 0 Å². The zero-order valence-electron chi connectivity index (χ0n) is 11.5. The van der Waals surface area contributed by atoms with Gasteiger partial charge in [-0.3, -0.25) is 14.5 Å². The van der Waals surface area contributed by atoms with Crippen LogP contribution in [0.25, 0.3) is 0 Å². The van der Waals surface area contributed by atoms with Crippen molar-refractivity contribution >= 4 is 17.8 Å². The van der Waals surface area contributed by atoms with Crippen LogP contribution in [-0.4, -0.2) is 33.3 Å². The van der Waals surface area contributed by atoms with Gasteiger partial charge in [-0.1, -0.05) is 19.8 Å². The summed E-state index contributed by atoms with van der Waals surface area (Å²) in [5.41, 5.74) is -0.627. The molecular weight excluding hydrogens is 246 g/mol. The summed E-state index contributed by atoms with van der Waals surface area (Å²) in [5.74, 6) is -1.76. The van der Waals surface area contributed by atoms with Gasteiger partial charge in [0.2, 0.25) is 0 Å². The summed E-state index contributed by atoms with van der Waals surface area (Å²) in [4.78, 5) is 37.2. The molecule has 0 saturated heterocycles. The molecule has 0 bridgehead atoms. The molecule has 104 valence electrons. The lowest BCUT2D eigenvalue weighted by Crippen LogP contribution is -2.59. The minimum absolute atomic E-state index is 0.201. The van der Waals surface area contributed by atoms with Crippen LogP contribution in [0.3, 0.4) is 0 Å². The third kappa shape index (κ3) is 1.88. The van der Waals surface area contributed by atoms with Gasteiger partial charge < -0.3 is 5.11 Å². The zero-order valence-corrected chi connectivity index (χ0v) is 11.5. The second-order valence-corrected chi connectivity index (χ2v) is 5.73. The number of nitrogens with zero attached hydrogens (tertiary/aromatic N) is 1. The van der Waals surface area contributed by atoms with Crippen molar-refractivity contribution in [3.05, 3.63) is 11.1 Å². The van der Waals surface area contributed by atoms with Crippen molar-refractivity contribution in [2.45, 2.75) is 52.0 Å². The summed E-state index contributed by atoms with van der Waals surface area (Å²) in [6.07, 6.45) is 2.37. The number of aliphatic carboxylic acids is 1. The van der Waals surface area contributed by atoms with Gasteiger partial charge >= 0.3 is 5.97 Å². The third-order valence-electron chi connectivity index (χ3n) is 4.41. The number of amides is 2. The molecule has 1 saturated carbocycles. The van der Waals surface area contributed by atoms with Crippen LogP contribution in [-0.2, 0) is 14.4 Å². The van der Waals surface area contributed by atoms with Crippen LogP contribution in [0.5, 0.6) is 0 Å². The Kier molecular flexibility index (Phi) is 3.24. The summed E-state index contributed by atoms with van der Waals surface area (Å²) in [6.45, 7) is 5.13. The normalized spacial score (nSPS) is 32.2. The molecule has 0 radical (unpaired) electrons. The van der Waals surface area contributed by atoms with Gasteiger partial charge in [0.15, 0.2) is 0 Å². The number of imide groups is 1. The molecule has 0 aromatic rings. The zero-order chi connectivity index (χ0) is 14.4.